The maximum Gasteiger partial charge on any atom is 0.247 e. The van der Waals surface area contributed by atoms with E-state index in [1.807, 2.05) is 0 Å². The van der Waals surface area contributed by atoms with Crippen molar-refractivity contribution in [3.63, 3.8) is 0 Å². The highest BCUT2D eigenvalue weighted by Gasteiger charge is 2.39. The normalized spacial score (nSPS) is 19.4. The Hall–Kier alpha value is -3.43. The van der Waals surface area contributed by atoms with Crippen molar-refractivity contribution < 1.29 is 23.6 Å². The minimum atomic E-state index is -0.617. The van der Waals surface area contributed by atoms with Crippen LogP contribution in [0.25, 0.3) is 0 Å². The van der Waals surface area contributed by atoms with Gasteiger partial charge in [-0.05, 0) is 49.9 Å². The lowest BCUT2D eigenvalue weighted by Gasteiger charge is -2.30. The van der Waals surface area contributed by atoms with Gasteiger partial charge in [0.05, 0.1) is 7.11 Å². The number of nitrogens with one attached hydrogen (secondary N) is 2. The zero-order valence-corrected chi connectivity index (χ0v) is 21.0. The highest BCUT2D eigenvalue weighted by atomic mass is 16.5. The summed E-state index contributed by atoms with van der Waals surface area (Å²) in [5, 5.41) is 10.1. The maximum absolute atomic E-state index is 13.0. The summed E-state index contributed by atoms with van der Waals surface area (Å²) in [6.07, 6.45) is 7.58. The average Bonchev–Trinajstić information content (AvgIpc) is 3.50. The highest BCUT2D eigenvalue weighted by Crippen LogP contribution is 2.34. The predicted octanol–water partition coefficient (Wildman–Crippen LogP) is 3.33. The van der Waals surface area contributed by atoms with Gasteiger partial charge < -0.3 is 24.8 Å². The molecule has 2 aromatic rings. The summed E-state index contributed by atoms with van der Waals surface area (Å²) in [4.78, 5) is 44.0. The quantitative estimate of drug-likeness (QED) is 0.536. The van der Waals surface area contributed by atoms with Crippen molar-refractivity contribution in [1.82, 2.24) is 20.4 Å². The number of nitrogens with zero attached hydrogens (tertiary/aromatic N) is 3. The Morgan fingerprint density at radius 1 is 1.11 bits per heavy atom. The molecule has 1 aliphatic carbocycles. The van der Waals surface area contributed by atoms with E-state index >= 15 is 0 Å². The summed E-state index contributed by atoms with van der Waals surface area (Å²) in [5.74, 6) is 1.12. The summed E-state index contributed by atoms with van der Waals surface area (Å²) in [6.45, 7) is 2.05. The van der Waals surface area contributed by atoms with E-state index in [-0.39, 0.29) is 30.6 Å². The minimum absolute atomic E-state index is 0.117. The molecule has 0 radical (unpaired) electrons. The Morgan fingerprint density at radius 2 is 1.83 bits per heavy atom. The van der Waals surface area contributed by atoms with Gasteiger partial charge in [0.2, 0.25) is 23.6 Å². The van der Waals surface area contributed by atoms with Crippen LogP contribution >= 0.6 is 0 Å². The summed E-state index contributed by atoms with van der Waals surface area (Å²) in [5.41, 5.74) is 0.0401. The van der Waals surface area contributed by atoms with Gasteiger partial charge in [0.1, 0.15) is 17.3 Å². The fraction of sp³-hybridized carbons (Fsp3) is 0.577. The van der Waals surface area contributed by atoms with Crippen molar-refractivity contribution in [2.24, 2.45) is 0 Å². The zero-order chi connectivity index (χ0) is 25.5. The van der Waals surface area contributed by atoms with E-state index in [2.05, 4.69) is 20.8 Å². The first kappa shape index (κ1) is 25.7. The zero-order valence-electron chi connectivity index (χ0n) is 21.0. The van der Waals surface area contributed by atoms with E-state index in [4.69, 9.17) is 9.26 Å². The molecule has 3 amide bonds. The van der Waals surface area contributed by atoms with Crippen LogP contribution in [0.5, 0.6) is 5.75 Å². The number of carbonyl (C=O) groups is 3. The van der Waals surface area contributed by atoms with Crippen molar-refractivity contribution >= 4 is 23.4 Å². The van der Waals surface area contributed by atoms with Gasteiger partial charge in [-0.2, -0.15) is 4.98 Å². The molecule has 1 aromatic carbocycles. The number of aromatic nitrogens is 2. The molecule has 1 saturated heterocycles. The highest BCUT2D eigenvalue weighted by molar-refractivity contribution is 5.97. The van der Waals surface area contributed by atoms with Gasteiger partial charge in [-0.1, -0.05) is 30.8 Å². The lowest BCUT2D eigenvalue weighted by Crippen LogP contribution is -2.45. The molecule has 2 fully saturated rings. The molecular formula is C26H35N5O5. The SMILES string of the molecule is COc1ccc(NC(=O)C2CCCN2C(=O)CCc2nc(C3(NC(C)=O)CCCCCC3)no2)cc1. The van der Waals surface area contributed by atoms with Crippen LogP contribution in [-0.4, -0.2) is 52.5 Å². The van der Waals surface area contributed by atoms with Crippen LogP contribution in [0.2, 0.25) is 0 Å². The molecule has 0 spiro atoms. The van der Waals surface area contributed by atoms with Crippen LogP contribution in [0.4, 0.5) is 5.69 Å². The first-order chi connectivity index (χ1) is 17.4. The molecule has 1 saturated carbocycles. The summed E-state index contributed by atoms with van der Waals surface area (Å²) >= 11 is 0. The predicted molar refractivity (Wildman–Crippen MR) is 132 cm³/mol. The van der Waals surface area contributed by atoms with Gasteiger partial charge in [-0.3, -0.25) is 14.4 Å². The molecule has 2 aliphatic rings. The second-order valence-electron chi connectivity index (χ2n) is 9.65. The number of rotatable bonds is 8. The first-order valence-electron chi connectivity index (χ1n) is 12.8. The molecule has 0 bridgehead atoms. The number of anilines is 1. The minimum Gasteiger partial charge on any atom is -0.497 e. The number of aryl methyl sites for hydroxylation is 1. The van der Waals surface area contributed by atoms with Crippen molar-refractivity contribution in [3.05, 3.63) is 36.0 Å². The fourth-order valence-electron chi connectivity index (χ4n) is 5.22. The lowest BCUT2D eigenvalue weighted by atomic mass is 9.89. The molecule has 2 N–H and O–H groups in total. The maximum atomic E-state index is 13.0. The van der Waals surface area contributed by atoms with Gasteiger partial charge in [0, 0.05) is 32.0 Å². The largest absolute Gasteiger partial charge is 0.497 e. The number of amides is 3. The number of benzene rings is 1. The van der Waals surface area contributed by atoms with Crippen molar-refractivity contribution in [1.29, 1.82) is 0 Å². The molecule has 10 heteroatoms. The number of hydrogen-bond acceptors (Lipinski definition) is 7. The number of ether oxygens (including phenoxy) is 1. The van der Waals surface area contributed by atoms with E-state index in [0.717, 1.165) is 44.9 Å². The van der Waals surface area contributed by atoms with E-state index < -0.39 is 11.6 Å². The Balaban J connectivity index is 1.36. The summed E-state index contributed by atoms with van der Waals surface area (Å²) < 4.78 is 10.6. The molecule has 4 rings (SSSR count). The van der Waals surface area contributed by atoms with Crippen LogP contribution in [-0.2, 0) is 26.3 Å². The van der Waals surface area contributed by atoms with Crippen LogP contribution in [0, 0.1) is 0 Å². The van der Waals surface area contributed by atoms with Crippen LogP contribution in [0.15, 0.2) is 28.8 Å². The van der Waals surface area contributed by atoms with Crippen molar-refractivity contribution in [2.45, 2.75) is 82.7 Å². The first-order valence-corrected chi connectivity index (χ1v) is 12.8. The van der Waals surface area contributed by atoms with Gasteiger partial charge in [0.25, 0.3) is 0 Å². The third-order valence-corrected chi connectivity index (χ3v) is 7.05. The van der Waals surface area contributed by atoms with Gasteiger partial charge >= 0.3 is 0 Å². The Kier molecular flexibility index (Phi) is 8.22. The molecule has 1 aromatic heterocycles. The molecule has 36 heavy (non-hydrogen) atoms. The molecule has 194 valence electrons. The number of hydrogen-bond donors (Lipinski definition) is 2. The molecular weight excluding hydrogens is 462 g/mol. The van der Waals surface area contributed by atoms with Gasteiger partial charge in [-0.25, -0.2) is 0 Å². The Morgan fingerprint density at radius 3 is 2.50 bits per heavy atom. The lowest BCUT2D eigenvalue weighted by molar-refractivity contribution is -0.136. The second kappa shape index (κ2) is 11.5. The third-order valence-electron chi connectivity index (χ3n) is 7.05. The Labute approximate surface area is 211 Å². The fourth-order valence-corrected chi connectivity index (χ4v) is 5.22. The molecule has 1 unspecified atom stereocenters. The van der Waals surface area contributed by atoms with E-state index in [1.54, 1.807) is 36.3 Å². The molecule has 2 heterocycles. The van der Waals surface area contributed by atoms with E-state index in [0.29, 0.717) is 36.1 Å². The smallest absolute Gasteiger partial charge is 0.247 e. The molecule has 1 aliphatic heterocycles. The van der Waals surface area contributed by atoms with Gasteiger partial charge in [0.15, 0.2) is 5.82 Å². The molecule has 10 nitrogen and oxygen atoms in total. The van der Waals surface area contributed by atoms with Crippen LogP contribution in [0.3, 0.4) is 0 Å². The summed E-state index contributed by atoms with van der Waals surface area (Å²) in [6, 6.07) is 6.58. The number of carbonyl (C=O) groups excluding carboxylic acids is 3. The van der Waals surface area contributed by atoms with E-state index in [1.165, 1.54) is 6.92 Å². The van der Waals surface area contributed by atoms with Crippen LogP contribution in [0.1, 0.15) is 76.4 Å². The summed E-state index contributed by atoms with van der Waals surface area (Å²) in [7, 11) is 1.59. The standard InChI is InChI=1S/C26H35N5O5/c1-18(32)29-26(15-5-3-4-6-16-26)25-28-22(36-30-25)13-14-23(33)31-17-7-8-21(31)24(34)27-19-9-11-20(35-2)12-10-19/h9-12,21H,3-8,13-17H2,1-2H3,(H,27,34)(H,29,32). The number of methoxy groups -OCH3 is 1. The number of likely N-dealkylation sites (tertiary alicyclic amines) is 1. The van der Waals surface area contributed by atoms with Crippen molar-refractivity contribution in [3.8, 4) is 5.75 Å². The third kappa shape index (κ3) is 6.03. The van der Waals surface area contributed by atoms with Gasteiger partial charge in [-0.15, -0.1) is 0 Å². The average molecular weight is 498 g/mol. The van der Waals surface area contributed by atoms with E-state index in [9.17, 15) is 14.4 Å². The second-order valence-corrected chi connectivity index (χ2v) is 9.65. The molecule has 1 atom stereocenters. The monoisotopic (exact) mass is 497 g/mol. The van der Waals surface area contributed by atoms with Crippen molar-refractivity contribution in [2.75, 3.05) is 19.0 Å². The Bertz CT molecular complexity index is 1060. The van der Waals surface area contributed by atoms with Crippen LogP contribution < -0.4 is 15.4 Å². The topological polar surface area (TPSA) is 127 Å².